The summed E-state index contributed by atoms with van der Waals surface area (Å²) in [5.74, 6) is 0.756. The van der Waals surface area contributed by atoms with Crippen LogP contribution in [0.1, 0.15) is 65.7 Å². The Bertz CT molecular complexity index is 456. The predicted octanol–water partition coefficient (Wildman–Crippen LogP) is 2.98. The van der Waals surface area contributed by atoms with Gasteiger partial charge in [-0.2, -0.15) is 0 Å². The minimum atomic E-state index is 0.0708. The zero-order valence-corrected chi connectivity index (χ0v) is 17.0. The van der Waals surface area contributed by atoms with Crippen molar-refractivity contribution in [2.75, 3.05) is 32.8 Å². The average molecular weight is 367 g/mol. The van der Waals surface area contributed by atoms with Gasteiger partial charge in [-0.15, -0.1) is 0 Å². The summed E-state index contributed by atoms with van der Waals surface area (Å²) in [6.07, 6.45) is 9.01. The van der Waals surface area contributed by atoms with Crippen molar-refractivity contribution in [1.82, 2.24) is 10.2 Å². The van der Waals surface area contributed by atoms with Crippen LogP contribution in [0.4, 0.5) is 0 Å². The van der Waals surface area contributed by atoms with Gasteiger partial charge in [-0.25, -0.2) is 0 Å². The second-order valence-corrected chi connectivity index (χ2v) is 9.31. The van der Waals surface area contributed by atoms with Gasteiger partial charge < -0.3 is 14.8 Å². The molecule has 3 rings (SSSR count). The number of ether oxygens (including phenoxy) is 2. The second kappa shape index (κ2) is 9.03. The third-order valence-corrected chi connectivity index (χ3v) is 6.54. The van der Waals surface area contributed by atoms with Crippen LogP contribution in [0, 0.1) is 11.3 Å². The molecule has 0 spiro atoms. The van der Waals surface area contributed by atoms with Crippen molar-refractivity contribution in [3.8, 4) is 0 Å². The van der Waals surface area contributed by atoms with E-state index in [0.29, 0.717) is 12.0 Å². The molecular formula is C21H38N2O3. The van der Waals surface area contributed by atoms with E-state index in [1.165, 1.54) is 32.1 Å². The highest BCUT2D eigenvalue weighted by Gasteiger charge is 2.42. The van der Waals surface area contributed by atoms with E-state index in [1.807, 2.05) is 0 Å². The van der Waals surface area contributed by atoms with E-state index in [0.717, 1.165) is 45.7 Å². The smallest absolute Gasteiger partial charge is 0.217 e. The Kier molecular flexibility index (Phi) is 6.98. The first-order chi connectivity index (χ1) is 12.4. The normalized spacial score (nSPS) is 32.3. The van der Waals surface area contributed by atoms with Crippen LogP contribution in [-0.2, 0) is 14.3 Å². The van der Waals surface area contributed by atoms with Crippen molar-refractivity contribution in [2.45, 2.75) is 84.0 Å². The molecule has 3 aliphatic rings. The van der Waals surface area contributed by atoms with Gasteiger partial charge in [0.25, 0.3) is 0 Å². The Labute approximate surface area is 159 Å². The van der Waals surface area contributed by atoms with E-state index >= 15 is 0 Å². The minimum absolute atomic E-state index is 0.0708. The number of morpholine rings is 1. The molecule has 0 unspecified atom stereocenters. The zero-order chi connectivity index (χ0) is 18.6. The van der Waals surface area contributed by atoms with Gasteiger partial charge >= 0.3 is 0 Å². The molecule has 0 aromatic carbocycles. The van der Waals surface area contributed by atoms with Crippen molar-refractivity contribution < 1.29 is 14.3 Å². The summed E-state index contributed by atoms with van der Waals surface area (Å²) in [5.41, 5.74) is 0.0708. The van der Waals surface area contributed by atoms with Crippen molar-refractivity contribution >= 4 is 5.91 Å². The molecular weight excluding hydrogens is 328 g/mol. The molecule has 2 aliphatic heterocycles. The average Bonchev–Trinajstić information content (AvgIpc) is 2.62. The van der Waals surface area contributed by atoms with Crippen molar-refractivity contribution in [1.29, 1.82) is 0 Å². The Morgan fingerprint density at radius 3 is 2.46 bits per heavy atom. The zero-order valence-electron chi connectivity index (χ0n) is 17.0. The summed E-state index contributed by atoms with van der Waals surface area (Å²) in [6.45, 7) is 11.0. The number of amides is 1. The first-order valence-electron chi connectivity index (χ1n) is 10.7. The van der Waals surface area contributed by atoms with Crippen LogP contribution in [0.25, 0.3) is 0 Å². The summed E-state index contributed by atoms with van der Waals surface area (Å²) in [6, 6.07) is 0.252. The standard InChI is InChI=1S/C21H38N2O3/c1-16(24)22-18-13-19(17-7-5-4-6-8-17)26-20(14-18)21(2,3)15-23-9-11-25-12-10-23/h17-20H,4-15H2,1-3H3,(H,22,24)/t18-,19-,20+/m0/s1. The lowest BCUT2D eigenvalue weighted by Gasteiger charge is -2.47. The van der Waals surface area contributed by atoms with E-state index in [4.69, 9.17) is 9.47 Å². The topological polar surface area (TPSA) is 50.8 Å². The summed E-state index contributed by atoms with van der Waals surface area (Å²) in [7, 11) is 0. The van der Waals surface area contributed by atoms with Gasteiger partial charge in [0.1, 0.15) is 0 Å². The fourth-order valence-corrected chi connectivity index (χ4v) is 5.11. The molecule has 1 aliphatic carbocycles. The predicted molar refractivity (Wildman–Crippen MR) is 103 cm³/mol. The van der Waals surface area contributed by atoms with E-state index < -0.39 is 0 Å². The van der Waals surface area contributed by atoms with E-state index in [2.05, 4.69) is 24.1 Å². The maximum atomic E-state index is 11.7. The van der Waals surface area contributed by atoms with Gasteiger partial charge in [-0.3, -0.25) is 9.69 Å². The van der Waals surface area contributed by atoms with Crippen LogP contribution >= 0.6 is 0 Å². The monoisotopic (exact) mass is 366 g/mol. The van der Waals surface area contributed by atoms with Gasteiger partial charge in [0.2, 0.25) is 5.91 Å². The number of carbonyl (C=O) groups excluding carboxylic acids is 1. The third kappa shape index (κ3) is 5.43. The number of nitrogens with one attached hydrogen (secondary N) is 1. The largest absolute Gasteiger partial charge is 0.379 e. The molecule has 1 N–H and O–H groups in total. The van der Waals surface area contributed by atoms with Gasteiger partial charge in [0.05, 0.1) is 25.4 Å². The molecule has 3 atom stereocenters. The van der Waals surface area contributed by atoms with E-state index in [1.54, 1.807) is 6.92 Å². The Morgan fingerprint density at radius 2 is 1.81 bits per heavy atom. The van der Waals surface area contributed by atoms with Crippen LogP contribution in [0.2, 0.25) is 0 Å². The first-order valence-corrected chi connectivity index (χ1v) is 10.7. The van der Waals surface area contributed by atoms with Gasteiger partial charge in [-0.05, 0) is 31.6 Å². The van der Waals surface area contributed by atoms with Crippen molar-refractivity contribution in [3.63, 3.8) is 0 Å². The highest BCUT2D eigenvalue weighted by molar-refractivity contribution is 5.73. The highest BCUT2D eigenvalue weighted by Crippen LogP contribution is 2.39. The van der Waals surface area contributed by atoms with Crippen molar-refractivity contribution in [2.24, 2.45) is 11.3 Å². The number of carbonyl (C=O) groups is 1. The molecule has 5 nitrogen and oxygen atoms in total. The Hall–Kier alpha value is -0.650. The molecule has 5 heteroatoms. The fourth-order valence-electron chi connectivity index (χ4n) is 5.11. The summed E-state index contributed by atoms with van der Waals surface area (Å²) < 4.78 is 12.2. The molecule has 0 radical (unpaired) electrons. The van der Waals surface area contributed by atoms with Gasteiger partial charge in [0, 0.05) is 38.0 Å². The van der Waals surface area contributed by atoms with Crippen molar-refractivity contribution in [3.05, 3.63) is 0 Å². The van der Waals surface area contributed by atoms with Gasteiger partial charge in [0.15, 0.2) is 0 Å². The van der Waals surface area contributed by atoms with Crippen LogP contribution in [-0.4, -0.2) is 61.9 Å². The molecule has 0 aromatic heterocycles. The van der Waals surface area contributed by atoms with E-state index in [9.17, 15) is 4.79 Å². The SMILES string of the molecule is CC(=O)N[C@H]1C[C@@H](C2CCCCC2)O[C@@H](C(C)(C)CN2CCOCC2)C1. The number of nitrogens with zero attached hydrogens (tertiary/aromatic N) is 1. The first kappa shape index (κ1) is 20.1. The van der Waals surface area contributed by atoms with Crippen LogP contribution in [0.3, 0.4) is 0 Å². The second-order valence-electron chi connectivity index (χ2n) is 9.31. The molecule has 26 heavy (non-hydrogen) atoms. The molecule has 0 bridgehead atoms. The maximum Gasteiger partial charge on any atom is 0.217 e. The lowest BCUT2D eigenvalue weighted by Crippen LogP contribution is -2.54. The molecule has 1 amide bonds. The van der Waals surface area contributed by atoms with Crippen LogP contribution in [0.5, 0.6) is 0 Å². The molecule has 2 saturated heterocycles. The number of rotatable bonds is 5. The Balaban J connectivity index is 1.67. The third-order valence-electron chi connectivity index (χ3n) is 6.54. The highest BCUT2D eigenvalue weighted by atomic mass is 16.5. The molecule has 3 fully saturated rings. The lowest BCUT2D eigenvalue weighted by molar-refractivity contribution is -0.147. The van der Waals surface area contributed by atoms with Gasteiger partial charge in [-0.1, -0.05) is 33.1 Å². The summed E-state index contributed by atoms with van der Waals surface area (Å²) >= 11 is 0. The van der Waals surface area contributed by atoms with Crippen LogP contribution in [0.15, 0.2) is 0 Å². The number of hydrogen-bond acceptors (Lipinski definition) is 4. The minimum Gasteiger partial charge on any atom is -0.379 e. The lowest BCUT2D eigenvalue weighted by atomic mass is 9.76. The fraction of sp³-hybridized carbons (Fsp3) is 0.952. The maximum absolute atomic E-state index is 11.7. The molecule has 1 saturated carbocycles. The van der Waals surface area contributed by atoms with Crippen LogP contribution < -0.4 is 5.32 Å². The molecule has 0 aromatic rings. The quantitative estimate of drug-likeness (QED) is 0.813. The summed E-state index contributed by atoms with van der Waals surface area (Å²) in [5, 5.41) is 3.20. The molecule has 2 heterocycles. The summed E-state index contributed by atoms with van der Waals surface area (Å²) in [4.78, 5) is 14.2. The van der Waals surface area contributed by atoms with E-state index in [-0.39, 0.29) is 23.5 Å². The number of hydrogen-bond donors (Lipinski definition) is 1. The Morgan fingerprint density at radius 1 is 1.12 bits per heavy atom. The molecule has 150 valence electrons.